The number of hydrogen-bond acceptors (Lipinski definition) is 6. The number of ether oxygens (including phenoxy) is 2. The molecule has 134 valence electrons. The molecule has 0 aliphatic carbocycles. The van der Waals surface area contributed by atoms with Gasteiger partial charge in [0.2, 0.25) is 0 Å². The summed E-state index contributed by atoms with van der Waals surface area (Å²) in [5.41, 5.74) is 2.23. The molecule has 0 amide bonds. The first-order valence-corrected chi connectivity index (χ1v) is 8.76. The molecule has 1 aromatic carbocycles. The Labute approximate surface area is 147 Å². The lowest BCUT2D eigenvalue weighted by atomic mass is 10.1. The maximum absolute atomic E-state index is 6.05. The van der Waals surface area contributed by atoms with Crippen LogP contribution in [0.2, 0.25) is 0 Å². The second kappa shape index (κ2) is 7.21. The Morgan fingerprint density at radius 2 is 1.96 bits per heavy atom. The van der Waals surface area contributed by atoms with Crippen molar-refractivity contribution < 1.29 is 9.47 Å². The SMILES string of the molecule is CN(C)Cc1cn([C@H]2CO[C@H]3[C@@H]2OC[C@@H]3NCc2ccccc2)nn1. The predicted octanol–water partition coefficient (Wildman–Crippen LogP) is 0.837. The summed E-state index contributed by atoms with van der Waals surface area (Å²) in [5.74, 6) is 0. The van der Waals surface area contributed by atoms with Crippen molar-refractivity contribution in [3.63, 3.8) is 0 Å². The summed E-state index contributed by atoms with van der Waals surface area (Å²) < 4.78 is 14.0. The van der Waals surface area contributed by atoms with Crippen LogP contribution >= 0.6 is 0 Å². The summed E-state index contributed by atoms with van der Waals surface area (Å²) in [4.78, 5) is 2.08. The van der Waals surface area contributed by atoms with Crippen molar-refractivity contribution in [1.82, 2.24) is 25.2 Å². The molecule has 0 radical (unpaired) electrons. The van der Waals surface area contributed by atoms with Gasteiger partial charge in [-0.1, -0.05) is 35.5 Å². The highest BCUT2D eigenvalue weighted by atomic mass is 16.6. The van der Waals surface area contributed by atoms with Crippen molar-refractivity contribution in [1.29, 1.82) is 0 Å². The number of hydrogen-bond donors (Lipinski definition) is 1. The van der Waals surface area contributed by atoms with Crippen molar-refractivity contribution in [2.45, 2.75) is 37.4 Å². The zero-order valence-electron chi connectivity index (χ0n) is 14.7. The number of nitrogens with zero attached hydrogens (tertiary/aromatic N) is 4. The Morgan fingerprint density at radius 3 is 2.76 bits per heavy atom. The van der Waals surface area contributed by atoms with Gasteiger partial charge in [-0.05, 0) is 19.7 Å². The van der Waals surface area contributed by atoms with Crippen LogP contribution in [0.15, 0.2) is 36.5 Å². The average Bonchev–Trinajstić information content (AvgIpc) is 3.30. The molecule has 3 heterocycles. The molecule has 4 rings (SSSR count). The third-order valence-corrected chi connectivity index (χ3v) is 4.81. The molecular formula is C18H25N5O2. The minimum Gasteiger partial charge on any atom is -0.371 e. The Hall–Kier alpha value is -1.80. The van der Waals surface area contributed by atoms with E-state index in [1.165, 1.54) is 5.56 Å². The lowest BCUT2D eigenvalue weighted by Crippen LogP contribution is -2.40. The van der Waals surface area contributed by atoms with E-state index in [-0.39, 0.29) is 24.3 Å². The van der Waals surface area contributed by atoms with Crippen molar-refractivity contribution in [2.75, 3.05) is 27.3 Å². The lowest BCUT2D eigenvalue weighted by molar-refractivity contribution is 0.0619. The van der Waals surface area contributed by atoms with Crippen LogP contribution in [-0.2, 0) is 22.6 Å². The maximum Gasteiger partial charge on any atom is 0.110 e. The van der Waals surface area contributed by atoms with Crippen LogP contribution in [0.4, 0.5) is 0 Å². The van der Waals surface area contributed by atoms with Crippen LogP contribution in [0.3, 0.4) is 0 Å². The fourth-order valence-corrected chi connectivity index (χ4v) is 3.60. The zero-order valence-corrected chi connectivity index (χ0v) is 14.7. The molecule has 2 saturated heterocycles. The molecule has 7 heteroatoms. The Balaban J connectivity index is 1.37. The first-order chi connectivity index (χ1) is 12.2. The van der Waals surface area contributed by atoms with Crippen LogP contribution in [0, 0.1) is 0 Å². The second-order valence-corrected chi connectivity index (χ2v) is 7.06. The van der Waals surface area contributed by atoms with Crippen molar-refractivity contribution in [3.05, 3.63) is 47.8 Å². The summed E-state index contributed by atoms with van der Waals surface area (Å²) in [7, 11) is 4.05. The van der Waals surface area contributed by atoms with E-state index in [2.05, 4.69) is 44.8 Å². The third kappa shape index (κ3) is 3.59. The highest BCUT2D eigenvalue weighted by molar-refractivity contribution is 5.14. The molecule has 0 spiro atoms. The largest absolute Gasteiger partial charge is 0.371 e. The fraction of sp³-hybridized carbons (Fsp3) is 0.556. The van der Waals surface area contributed by atoms with E-state index in [9.17, 15) is 0 Å². The van der Waals surface area contributed by atoms with Gasteiger partial charge in [0.05, 0.1) is 31.1 Å². The van der Waals surface area contributed by atoms with Crippen molar-refractivity contribution in [2.24, 2.45) is 0 Å². The molecular weight excluding hydrogens is 318 g/mol. The first-order valence-electron chi connectivity index (χ1n) is 8.76. The Bertz CT molecular complexity index is 690. The van der Waals surface area contributed by atoms with Gasteiger partial charge in [-0.15, -0.1) is 5.10 Å². The van der Waals surface area contributed by atoms with Crippen molar-refractivity contribution >= 4 is 0 Å². The molecule has 25 heavy (non-hydrogen) atoms. The highest BCUT2D eigenvalue weighted by Gasteiger charge is 2.48. The molecule has 2 aromatic rings. The molecule has 2 fully saturated rings. The van der Waals surface area contributed by atoms with E-state index in [1.807, 2.05) is 31.0 Å². The van der Waals surface area contributed by atoms with E-state index < -0.39 is 0 Å². The van der Waals surface area contributed by atoms with Crippen LogP contribution < -0.4 is 5.32 Å². The summed E-state index contributed by atoms with van der Waals surface area (Å²) in [5, 5.41) is 12.1. The lowest BCUT2D eigenvalue weighted by Gasteiger charge is -2.18. The number of rotatable bonds is 6. The number of aromatic nitrogens is 3. The Kier molecular flexibility index (Phi) is 4.80. The zero-order chi connectivity index (χ0) is 17.2. The standard InChI is InChI=1S/C18H25N5O2/c1-22(2)9-14-10-23(21-20-14)16-12-25-17-15(11-24-18(16)17)19-8-13-6-4-3-5-7-13/h3-7,10,15-19H,8-9,11-12H2,1-2H3/t15-,16-,17+,18+/m0/s1. The van der Waals surface area contributed by atoms with Gasteiger partial charge < -0.3 is 19.7 Å². The second-order valence-electron chi connectivity index (χ2n) is 7.06. The van der Waals surface area contributed by atoms with Gasteiger partial charge in [-0.3, -0.25) is 0 Å². The topological polar surface area (TPSA) is 64.4 Å². The minimum atomic E-state index is 0.0298. The quantitative estimate of drug-likeness (QED) is 0.838. The fourth-order valence-electron chi connectivity index (χ4n) is 3.60. The predicted molar refractivity (Wildman–Crippen MR) is 93.0 cm³/mol. The van der Waals surface area contributed by atoms with Gasteiger partial charge in [0.15, 0.2) is 0 Å². The highest BCUT2D eigenvalue weighted by Crippen LogP contribution is 2.34. The van der Waals surface area contributed by atoms with Gasteiger partial charge in [0, 0.05) is 13.1 Å². The maximum atomic E-state index is 6.05. The van der Waals surface area contributed by atoms with Gasteiger partial charge in [-0.2, -0.15) is 0 Å². The Morgan fingerprint density at radius 1 is 1.16 bits per heavy atom. The molecule has 1 aromatic heterocycles. The van der Waals surface area contributed by atoms with Gasteiger partial charge in [0.1, 0.15) is 18.2 Å². The number of nitrogens with one attached hydrogen (secondary N) is 1. The number of fused-ring (bicyclic) bond motifs is 1. The molecule has 0 bridgehead atoms. The molecule has 4 atom stereocenters. The number of benzene rings is 1. The van der Waals surface area contributed by atoms with Gasteiger partial charge in [0.25, 0.3) is 0 Å². The van der Waals surface area contributed by atoms with Crippen LogP contribution in [0.25, 0.3) is 0 Å². The monoisotopic (exact) mass is 343 g/mol. The molecule has 1 N–H and O–H groups in total. The molecule has 0 unspecified atom stereocenters. The molecule has 2 aliphatic heterocycles. The smallest absolute Gasteiger partial charge is 0.110 e. The summed E-state index contributed by atoms with van der Waals surface area (Å²) >= 11 is 0. The van der Waals surface area contributed by atoms with E-state index in [4.69, 9.17) is 9.47 Å². The van der Waals surface area contributed by atoms with E-state index in [1.54, 1.807) is 0 Å². The molecule has 7 nitrogen and oxygen atoms in total. The van der Waals surface area contributed by atoms with E-state index in [0.29, 0.717) is 13.2 Å². The van der Waals surface area contributed by atoms with Crippen LogP contribution in [-0.4, -0.2) is 65.5 Å². The normalized spacial score (nSPS) is 28.6. The summed E-state index contributed by atoms with van der Waals surface area (Å²) in [6.45, 7) is 2.88. The van der Waals surface area contributed by atoms with Crippen molar-refractivity contribution in [3.8, 4) is 0 Å². The first kappa shape index (κ1) is 16.7. The van der Waals surface area contributed by atoms with Gasteiger partial charge in [-0.25, -0.2) is 4.68 Å². The average molecular weight is 343 g/mol. The molecule has 2 aliphatic rings. The minimum absolute atomic E-state index is 0.0298. The van der Waals surface area contributed by atoms with E-state index >= 15 is 0 Å². The van der Waals surface area contributed by atoms with Gasteiger partial charge >= 0.3 is 0 Å². The van der Waals surface area contributed by atoms with E-state index in [0.717, 1.165) is 18.8 Å². The summed E-state index contributed by atoms with van der Waals surface area (Å²) in [6.07, 6.45) is 2.10. The van der Waals surface area contributed by atoms with Crippen LogP contribution in [0.1, 0.15) is 17.3 Å². The summed E-state index contributed by atoms with van der Waals surface area (Å²) in [6, 6.07) is 10.7. The third-order valence-electron chi connectivity index (χ3n) is 4.81. The molecule has 0 saturated carbocycles. The van der Waals surface area contributed by atoms with Crippen LogP contribution in [0.5, 0.6) is 0 Å².